The topological polar surface area (TPSA) is 34.5 Å². The fourth-order valence-corrected chi connectivity index (χ4v) is 1.70. The number of oxime groups is 1. The largest absolute Gasteiger partial charge is 0.392 e. The van der Waals surface area contributed by atoms with Crippen LogP contribution in [0.5, 0.6) is 0 Å². The third-order valence-corrected chi connectivity index (χ3v) is 2.90. The van der Waals surface area contributed by atoms with E-state index in [1.165, 1.54) is 18.0 Å². The first-order valence-corrected chi connectivity index (χ1v) is 5.24. The molecule has 1 aliphatic rings. The maximum absolute atomic E-state index is 5.24. The first-order chi connectivity index (χ1) is 6.34. The van der Waals surface area contributed by atoms with Crippen LogP contribution in [-0.2, 0) is 4.84 Å². The number of aromatic nitrogens is 1. The van der Waals surface area contributed by atoms with Crippen molar-refractivity contribution in [1.29, 1.82) is 0 Å². The molecule has 4 heteroatoms. The lowest BCUT2D eigenvalue weighted by Crippen LogP contribution is -2.18. The van der Waals surface area contributed by atoms with Crippen LogP contribution in [-0.4, -0.2) is 16.7 Å². The van der Waals surface area contributed by atoms with Crippen LogP contribution in [0.25, 0.3) is 0 Å². The van der Waals surface area contributed by atoms with Crippen LogP contribution in [0.3, 0.4) is 0 Å². The van der Waals surface area contributed by atoms with Crippen LogP contribution in [0.4, 0.5) is 0 Å². The van der Waals surface area contributed by atoms with Crippen molar-refractivity contribution in [1.82, 2.24) is 4.37 Å². The molecule has 1 heterocycles. The molecule has 2 rings (SSSR count). The minimum atomic E-state index is 0.366. The first-order valence-electron chi connectivity index (χ1n) is 4.47. The molecule has 1 saturated carbocycles. The maximum Gasteiger partial charge on any atom is 0.127 e. The summed E-state index contributed by atoms with van der Waals surface area (Å²) in [5.41, 5.74) is 1.04. The lowest BCUT2D eigenvalue weighted by Gasteiger charge is -2.22. The van der Waals surface area contributed by atoms with E-state index in [1.807, 2.05) is 13.0 Å². The predicted molar refractivity (Wildman–Crippen MR) is 53.2 cm³/mol. The Morgan fingerprint density at radius 2 is 2.54 bits per heavy atom. The molecule has 0 unspecified atom stereocenters. The molecule has 0 saturated heterocycles. The lowest BCUT2D eigenvalue weighted by atomic mass is 9.97. The van der Waals surface area contributed by atoms with Crippen LogP contribution in [0.1, 0.15) is 29.8 Å². The number of hydrogen-bond donors (Lipinski definition) is 0. The van der Waals surface area contributed by atoms with Crippen molar-refractivity contribution in [2.24, 2.45) is 5.16 Å². The highest BCUT2D eigenvalue weighted by Crippen LogP contribution is 2.21. The van der Waals surface area contributed by atoms with Gasteiger partial charge in [0.2, 0.25) is 0 Å². The van der Waals surface area contributed by atoms with Crippen molar-refractivity contribution in [2.45, 2.75) is 32.3 Å². The van der Waals surface area contributed by atoms with E-state index in [2.05, 4.69) is 9.53 Å². The van der Waals surface area contributed by atoms with Gasteiger partial charge in [0.25, 0.3) is 0 Å². The Hall–Kier alpha value is -0.900. The zero-order valence-corrected chi connectivity index (χ0v) is 8.38. The average molecular weight is 196 g/mol. The van der Waals surface area contributed by atoms with Crippen LogP contribution >= 0.6 is 11.5 Å². The first kappa shape index (κ1) is 8.69. The van der Waals surface area contributed by atoms with Gasteiger partial charge in [0.1, 0.15) is 6.10 Å². The number of nitrogens with zero attached hydrogens (tertiary/aromatic N) is 2. The summed E-state index contributed by atoms with van der Waals surface area (Å²) in [6.07, 6.45) is 5.69. The average Bonchev–Trinajstić information content (AvgIpc) is 2.42. The zero-order chi connectivity index (χ0) is 9.10. The smallest absolute Gasteiger partial charge is 0.127 e. The Kier molecular flexibility index (Phi) is 2.59. The molecule has 0 aliphatic heterocycles. The molecule has 0 radical (unpaired) electrons. The normalized spacial score (nSPS) is 17.6. The molecule has 13 heavy (non-hydrogen) atoms. The molecule has 0 bridgehead atoms. The van der Waals surface area contributed by atoms with Gasteiger partial charge in [0.05, 0.1) is 16.8 Å². The van der Waals surface area contributed by atoms with Gasteiger partial charge in [-0.2, -0.15) is 4.37 Å². The van der Waals surface area contributed by atoms with Crippen molar-refractivity contribution in [3.63, 3.8) is 0 Å². The SMILES string of the molecule is Cc1cc(/C=N/OC2CCC2)sn1. The molecule has 70 valence electrons. The van der Waals surface area contributed by atoms with Gasteiger partial charge in [-0.25, -0.2) is 0 Å². The van der Waals surface area contributed by atoms with Crippen molar-refractivity contribution in [2.75, 3.05) is 0 Å². The molecule has 3 nitrogen and oxygen atoms in total. The summed E-state index contributed by atoms with van der Waals surface area (Å²) < 4.78 is 4.14. The minimum Gasteiger partial charge on any atom is -0.392 e. The molecule has 0 N–H and O–H groups in total. The maximum atomic E-state index is 5.24. The second-order valence-electron chi connectivity index (χ2n) is 3.26. The summed E-state index contributed by atoms with van der Waals surface area (Å²) in [5, 5.41) is 3.92. The standard InChI is InChI=1S/C9H12N2OS/c1-7-5-9(13-11-7)6-10-12-8-3-2-4-8/h5-6,8H,2-4H2,1H3/b10-6+. The van der Waals surface area contributed by atoms with Crippen LogP contribution in [0.15, 0.2) is 11.2 Å². The fourth-order valence-electron chi connectivity index (χ4n) is 1.09. The summed E-state index contributed by atoms with van der Waals surface area (Å²) >= 11 is 1.45. The molecule has 0 aromatic carbocycles. The fraction of sp³-hybridized carbons (Fsp3) is 0.556. The van der Waals surface area contributed by atoms with Gasteiger partial charge in [-0.05, 0) is 43.8 Å². The molecular formula is C9H12N2OS. The second kappa shape index (κ2) is 3.87. The van der Waals surface area contributed by atoms with E-state index >= 15 is 0 Å². The summed E-state index contributed by atoms with van der Waals surface area (Å²) in [4.78, 5) is 6.29. The van der Waals surface area contributed by atoms with E-state index in [0.717, 1.165) is 23.4 Å². The molecule has 0 amide bonds. The summed E-state index contributed by atoms with van der Waals surface area (Å²) in [7, 11) is 0. The predicted octanol–water partition coefficient (Wildman–Crippen LogP) is 2.35. The molecule has 1 aromatic heterocycles. The number of aryl methyl sites for hydroxylation is 1. The van der Waals surface area contributed by atoms with E-state index in [-0.39, 0.29) is 0 Å². The summed E-state index contributed by atoms with van der Waals surface area (Å²) in [6, 6.07) is 2.00. The van der Waals surface area contributed by atoms with Gasteiger partial charge in [0.15, 0.2) is 0 Å². The van der Waals surface area contributed by atoms with Crippen LogP contribution < -0.4 is 0 Å². The van der Waals surface area contributed by atoms with E-state index in [9.17, 15) is 0 Å². The highest BCUT2D eigenvalue weighted by molar-refractivity contribution is 7.07. The number of rotatable bonds is 3. The molecule has 1 aliphatic carbocycles. The van der Waals surface area contributed by atoms with Gasteiger partial charge >= 0.3 is 0 Å². The van der Waals surface area contributed by atoms with E-state index in [1.54, 1.807) is 6.21 Å². The Balaban J connectivity index is 1.82. The van der Waals surface area contributed by atoms with Crippen molar-refractivity contribution in [3.8, 4) is 0 Å². The van der Waals surface area contributed by atoms with E-state index in [0.29, 0.717) is 6.10 Å². The van der Waals surface area contributed by atoms with Crippen molar-refractivity contribution >= 4 is 17.7 Å². The summed E-state index contributed by atoms with van der Waals surface area (Å²) in [5.74, 6) is 0. The van der Waals surface area contributed by atoms with Gasteiger partial charge < -0.3 is 4.84 Å². The quantitative estimate of drug-likeness (QED) is 0.549. The van der Waals surface area contributed by atoms with Gasteiger partial charge in [0, 0.05) is 0 Å². The molecule has 1 aromatic rings. The second-order valence-corrected chi connectivity index (χ2v) is 4.10. The highest BCUT2D eigenvalue weighted by atomic mass is 32.1. The Morgan fingerprint density at radius 1 is 1.69 bits per heavy atom. The van der Waals surface area contributed by atoms with Gasteiger partial charge in [-0.15, -0.1) is 0 Å². The van der Waals surface area contributed by atoms with E-state index < -0.39 is 0 Å². The minimum absolute atomic E-state index is 0.366. The van der Waals surface area contributed by atoms with Crippen molar-refractivity contribution in [3.05, 3.63) is 16.6 Å². The lowest BCUT2D eigenvalue weighted by molar-refractivity contribution is 0.00702. The van der Waals surface area contributed by atoms with Gasteiger partial charge in [-0.3, -0.25) is 0 Å². The van der Waals surface area contributed by atoms with Gasteiger partial charge in [-0.1, -0.05) is 5.16 Å². The van der Waals surface area contributed by atoms with Crippen molar-refractivity contribution < 1.29 is 4.84 Å². The summed E-state index contributed by atoms with van der Waals surface area (Å²) in [6.45, 7) is 1.97. The zero-order valence-electron chi connectivity index (χ0n) is 7.56. The molecule has 1 fully saturated rings. The van der Waals surface area contributed by atoms with Crippen LogP contribution in [0, 0.1) is 6.92 Å². The molecule has 0 spiro atoms. The Bertz CT molecular complexity index is 304. The Labute approximate surface area is 81.6 Å². The van der Waals surface area contributed by atoms with Crippen LogP contribution in [0.2, 0.25) is 0 Å². The molecular weight excluding hydrogens is 184 g/mol. The third-order valence-electron chi connectivity index (χ3n) is 2.09. The van der Waals surface area contributed by atoms with E-state index in [4.69, 9.17) is 4.84 Å². The number of hydrogen-bond acceptors (Lipinski definition) is 4. The highest BCUT2D eigenvalue weighted by Gasteiger charge is 2.18. The monoisotopic (exact) mass is 196 g/mol. The Morgan fingerprint density at radius 3 is 3.08 bits per heavy atom. The molecule has 0 atom stereocenters. The third kappa shape index (κ3) is 2.28.